The molecule has 1 fully saturated rings. The molecule has 1 aliphatic rings. The maximum atomic E-state index is 13.4. The molecule has 0 spiro atoms. The summed E-state index contributed by atoms with van der Waals surface area (Å²) in [6, 6.07) is 12.5. The van der Waals surface area contributed by atoms with Crippen molar-refractivity contribution < 1.29 is 17.6 Å². The van der Waals surface area contributed by atoms with Crippen LogP contribution in [0, 0.1) is 5.82 Å². The highest BCUT2D eigenvalue weighted by Gasteiger charge is 2.34. The highest BCUT2D eigenvalue weighted by molar-refractivity contribution is 7.86. The predicted molar refractivity (Wildman–Crippen MR) is 102 cm³/mol. The van der Waals surface area contributed by atoms with Crippen molar-refractivity contribution in [2.75, 3.05) is 25.0 Å². The van der Waals surface area contributed by atoms with E-state index in [1.54, 1.807) is 30.3 Å². The summed E-state index contributed by atoms with van der Waals surface area (Å²) in [5.41, 5.74) is 0.983. The largest absolute Gasteiger partial charge is 0.324 e. The summed E-state index contributed by atoms with van der Waals surface area (Å²) in [5.74, 6) is -0.892. The van der Waals surface area contributed by atoms with Crippen LogP contribution in [0.5, 0.6) is 0 Å². The number of nitrogens with one attached hydrogen (secondary N) is 1. The average Bonchev–Trinajstić information content (AvgIpc) is 2.61. The Hall–Kier alpha value is -2.00. The van der Waals surface area contributed by atoms with Gasteiger partial charge in [0.05, 0.1) is 17.3 Å². The van der Waals surface area contributed by atoms with Gasteiger partial charge in [0.25, 0.3) is 10.2 Å². The number of para-hydroxylation sites is 1. The number of rotatable bonds is 5. The van der Waals surface area contributed by atoms with E-state index in [2.05, 4.69) is 5.32 Å². The number of carbonyl (C=O) groups excluding carboxylic acids is 1. The Kier molecular flexibility index (Phi) is 6.11. The Morgan fingerprint density at radius 3 is 2.59 bits per heavy atom. The van der Waals surface area contributed by atoms with Crippen molar-refractivity contribution in [1.29, 1.82) is 0 Å². The lowest BCUT2D eigenvalue weighted by molar-refractivity contribution is -0.116. The maximum absolute atomic E-state index is 13.4. The first-order valence-corrected chi connectivity index (χ1v) is 10.2. The fourth-order valence-electron chi connectivity index (χ4n) is 2.89. The van der Waals surface area contributed by atoms with Crippen LogP contribution in [0.4, 0.5) is 10.1 Å². The van der Waals surface area contributed by atoms with Gasteiger partial charge >= 0.3 is 0 Å². The van der Waals surface area contributed by atoms with Crippen LogP contribution in [-0.2, 0) is 21.5 Å². The number of hydrogen-bond donors (Lipinski definition) is 1. The molecule has 144 valence electrons. The number of halogens is 2. The summed E-state index contributed by atoms with van der Waals surface area (Å²) in [5, 5.41) is 3.00. The van der Waals surface area contributed by atoms with Crippen LogP contribution < -0.4 is 5.32 Å². The van der Waals surface area contributed by atoms with Crippen molar-refractivity contribution in [3.8, 4) is 0 Å². The van der Waals surface area contributed by atoms with Crippen LogP contribution in [0.25, 0.3) is 0 Å². The summed E-state index contributed by atoms with van der Waals surface area (Å²) < 4.78 is 41.4. The van der Waals surface area contributed by atoms with Crippen LogP contribution >= 0.6 is 11.6 Å². The molecule has 1 heterocycles. The van der Waals surface area contributed by atoms with Crippen molar-refractivity contribution in [1.82, 2.24) is 8.61 Å². The van der Waals surface area contributed by atoms with E-state index < -0.39 is 21.9 Å². The van der Waals surface area contributed by atoms with E-state index in [1.165, 1.54) is 22.5 Å². The predicted octanol–water partition coefficient (Wildman–Crippen LogP) is 2.87. The third-order valence-electron chi connectivity index (χ3n) is 4.18. The Labute approximate surface area is 162 Å². The molecule has 0 aliphatic carbocycles. The molecule has 1 amide bonds. The zero-order chi connectivity index (χ0) is 19.4. The molecule has 2 aromatic rings. The number of nitrogens with zero attached hydrogens (tertiary/aromatic N) is 2. The average molecular weight is 412 g/mol. The first kappa shape index (κ1) is 19.8. The van der Waals surface area contributed by atoms with Crippen LogP contribution in [-0.4, -0.2) is 42.6 Å². The molecule has 0 bridgehead atoms. The van der Waals surface area contributed by atoms with Gasteiger partial charge in [0.15, 0.2) is 0 Å². The van der Waals surface area contributed by atoms with Gasteiger partial charge in [0.2, 0.25) is 5.91 Å². The number of amides is 1. The summed E-state index contributed by atoms with van der Waals surface area (Å²) >= 11 is 6.01. The van der Waals surface area contributed by atoms with E-state index in [0.29, 0.717) is 29.2 Å². The van der Waals surface area contributed by atoms with Crippen molar-refractivity contribution in [2.24, 2.45) is 0 Å². The SMILES string of the molecule is O=C(CN1CCCN(Cc2cccc(F)c2)S1(=O)=O)Nc1ccccc1Cl. The zero-order valence-corrected chi connectivity index (χ0v) is 16.0. The topological polar surface area (TPSA) is 69.7 Å². The number of carbonyl (C=O) groups is 1. The van der Waals surface area contributed by atoms with Gasteiger partial charge in [-0.2, -0.15) is 17.0 Å². The minimum atomic E-state index is -3.82. The Morgan fingerprint density at radius 1 is 1.11 bits per heavy atom. The van der Waals surface area contributed by atoms with Gasteiger partial charge in [0, 0.05) is 19.6 Å². The number of hydrogen-bond acceptors (Lipinski definition) is 3. The minimum absolute atomic E-state index is 0.0583. The molecule has 1 saturated heterocycles. The van der Waals surface area contributed by atoms with Gasteiger partial charge in [-0.3, -0.25) is 4.79 Å². The van der Waals surface area contributed by atoms with Crippen molar-refractivity contribution >= 4 is 33.4 Å². The molecular weight excluding hydrogens is 393 g/mol. The number of anilines is 1. The molecule has 0 aromatic heterocycles. The van der Waals surface area contributed by atoms with E-state index in [4.69, 9.17) is 11.6 Å². The molecule has 0 radical (unpaired) electrons. The van der Waals surface area contributed by atoms with E-state index in [1.807, 2.05) is 0 Å². The molecule has 6 nitrogen and oxygen atoms in total. The quantitative estimate of drug-likeness (QED) is 0.822. The third-order valence-corrected chi connectivity index (χ3v) is 6.44. The monoisotopic (exact) mass is 411 g/mol. The number of benzene rings is 2. The molecule has 9 heteroatoms. The van der Waals surface area contributed by atoms with E-state index in [0.717, 1.165) is 4.31 Å². The molecule has 1 aliphatic heterocycles. The smallest absolute Gasteiger partial charge is 0.282 e. The molecule has 27 heavy (non-hydrogen) atoms. The second-order valence-electron chi connectivity index (χ2n) is 6.19. The summed E-state index contributed by atoms with van der Waals surface area (Å²) in [7, 11) is -3.82. The molecule has 1 N–H and O–H groups in total. The van der Waals surface area contributed by atoms with Gasteiger partial charge in [-0.25, -0.2) is 4.39 Å². The van der Waals surface area contributed by atoms with E-state index in [-0.39, 0.29) is 19.6 Å². The van der Waals surface area contributed by atoms with Crippen molar-refractivity contribution in [3.63, 3.8) is 0 Å². The second kappa shape index (κ2) is 8.35. The van der Waals surface area contributed by atoms with Gasteiger partial charge in [-0.15, -0.1) is 0 Å². The van der Waals surface area contributed by atoms with E-state index >= 15 is 0 Å². The molecule has 3 rings (SSSR count). The van der Waals surface area contributed by atoms with Gasteiger partial charge in [-0.1, -0.05) is 35.9 Å². The fourth-order valence-corrected chi connectivity index (χ4v) is 4.71. The Balaban J connectivity index is 1.68. The van der Waals surface area contributed by atoms with Crippen LogP contribution in [0.2, 0.25) is 5.02 Å². The third kappa shape index (κ3) is 4.84. The maximum Gasteiger partial charge on any atom is 0.282 e. The van der Waals surface area contributed by atoms with E-state index in [9.17, 15) is 17.6 Å². The van der Waals surface area contributed by atoms with Gasteiger partial charge < -0.3 is 5.32 Å². The minimum Gasteiger partial charge on any atom is -0.324 e. The second-order valence-corrected chi connectivity index (χ2v) is 8.52. The summed E-state index contributed by atoms with van der Waals surface area (Å²) in [6.45, 7) is 0.315. The van der Waals surface area contributed by atoms with Crippen molar-refractivity contribution in [2.45, 2.75) is 13.0 Å². The molecular formula is C18H19ClFN3O3S. The molecule has 2 aromatic carbocycles. The highest BCUT2D eigenvalue weighted by atomic mass is 35.5. The van der Waals surface area contributed by atoms with Crippen LogP contribution in [0.3, 0.4) is 0 Å². The summed E-state index contributed by atoms with van der Waals surface area (Å²) in [6.07, 6.45) is 0.577. The van der Waals surface area contributed by atoms with Crippen LogP contribution in [0.15, 0.2) is 48.5 Å². The summed E-state index contributed by atoms with van der Waals surface area (Å²) in [4.78, 5) is 12.3. The molecule has 0 atom stereocenters. The lowest BCUT2D eigenvalue weighted by Crippen LogP contribution is -2.51. The lowest BCUT2D eigenvalue weighted by Gasteiger charge is -2.34. The normalized spacial score (nSPS) is 17.6. The standard InChI is InChI=1S/C18H19ClFN3O3S/c19-16-7-1-2-8-17(16)21-18(24)13-23-10-4-9-22(27(23,25)26)12-14-5-3-6-15(20)11-14/h1-3,5-8,11H,4,9-10,12-13H2,(H,21,24). The van der Waals surface area contributed by atoms with Gasteiger partial charge in [-0.05, 0) is 36.2 Å². The van der Waals surface area contributed by atoms with Crippen molar-refractivity contribution in [3.05, 3.63) is 64.9 Å². The molecule has 0 unspecified atom stereocenters. The Morgan fingerprint density at radius 2 is 1.85 bits per heavy atom. The fraction of sp³-hybridized carbons (Fsp3) is 0.278. The van der Waals surface area contributed by atoms with Crippen LogP contribution in [0.1, 0.15) is 12.0 Å². The molecule has 0 saturated carbocycles. The Bertz CT molecular complexity index is 939. The van der Waals surface area contributed by atoms with Gasteiger partial charge in [0.1, 0.15) is 5.82 Å². The lowest BCUT2D eigenvalue weighted by atomic mass is 10.2. The zero-order valence-electron chi connectivity index (χ0n) is 14.4. The first-order chi connectivity index (χ1) is 12.9. The first-order valence-electron chi connectivity index (χ1n) is 8.40. The highest BCUT2D eigenvalue weighted by Crippen LogP contribution is 2.22.